The molecule has 0 aromatic heterocycles. The zero-order valence-corrected chi connectivity index (χ0v) is 18.8. The van der Waals surface area contributed by atoms with Gasteiger partial charge in [-0.15, -0.1) is 0 Å². The number of hydrogen-bond acceptors (Lipinski definition) is 4. The minimum Gasteiger partial charge on any atom is -0.497 e. The van der Waals surface area contributed by atoms with Crippen molar-refractivity contribution in [3.05, 3.63) is 53.6 Å². The number of ether oxygens (including phenoxy) is 1. The lowest BCUT2D eigenvalue weighted by Gasteiger charge is -2.27. The fourth-order valence-electron chi connectivity index (χ4n) is 3.01. The first-order valence-corrected chi connectivity index (χ1v) is 11.0. The number of nitrogens with zero attached hydrogens (tertiary/aromatic N) is 2. The number of sulfonamides is 1. The maximum Gasteiger partial charge on any atom is 0.264 e. The Morgan fingerprint density at radius 1 is 1.07 bits per heavy atom. The third kappa shape index (κ3) is 5.29. The normalized spacial score (nSPS) is 11.4. The maximum atomic E-state index is 13.5. The highest BCUT2D eigenvalue weighted by Crippen LogP contribution is 2.28. The highest BCUT2D eigenvalue weighted by atomic mass is 32.2. The van der Waals surface area contributed by atoms with Crippen LogP contribution in [0.3, 0.4) is 0 Å². The van der Waals surface area contributed by atoms with Gasteiger partial charge in [0.05, 0.1) is 17.7 Å². The Kier molecular flexibility index (Phi) is 7.30. The van der Waals surface area contributed by atoms with Crippen LogP contribution in [0.15, 0.2) is 47.4 Å². The van der Waals surface area contributed by atoms with Crippen LogP contribution in [0, 0.1) is 13.8 Å². The molecule has 0 saturated carbocycles. The summed E-state index contributed by atoms with van der Waals surface area (Å²) in [6, 6.07) is 12.1. The van der Waals surface area contributed by atoms with Gasteiger partial charge >= 0.3 is 0 Å². The van der Waals surface area contributed by atoms with E-state index in [-0.39, 0.29) is 29.8 Å². The Morgan fingerprint density at radius 2 is 1.69 bits per heavy atom. The molecule has 0 heterocycles. The molecule has 7 heteroatoms. The molecule has 0 atom stereocenters. The Hall–Kier alpha value is -2.54. The predicted octanol–water partition coefficient (Wildman–Crippen LogP) is 3.76. The molecule has 0 aliphatic heterocycles. The van der Waals surface area contributed by atoms with Crippen LogP contribution in [0.2, 0.25) is 0 Å². The largest absolute Gasteiger partial charge is 0.497 e. The summed E-state index contributed by atoms with van der Waals surface area (Å²) in [6.45, 7) is 7.60. The van der Waals surface area contributed by atoms with E-state index in [1.165, 1.54) is 4.31 Å². The van der Waals surface area contributed by atoms with Crippen LogP contribution in [-0.2, 0) is 14.8 Å². The van der Waals surface area contributed by atoms with Crippen LogP contribution < -0.4 is 9.04 Å². The number of carbonyl (C=O) groups is 1. The number of methoxy groups -OCH3 is 1. The van der Waals surface area contributed by atoms with Crippen LogP contribution in [-0.4, -0.2) is 46.0 Å². The van der Waals surface area contributed by atoms with Crippen molar-refractivity contribution in [2.45, 2.75) is 45.1 Å². The summed E-state index contributed by atoms with van der Waals surface area (Å²) in [4.78, 5) is 14.3. The van der Waals surface area contributed by atoms with Crippen LogP contribution in [0.5, 0.6) is 5.75 Å². The molecule has 0 unspecified atom stereocenters. The molecule has 0 fully saturated rings. The summed E-state index contributed by atoms with van der Waals surface area (Å²) in [5.41, 5.74) is 2.16. The van der Waals surface area contributed by atoms with E-state index in [0.717, 1.165) is 5.56 Å². The molecule has 0 aliphatic carbocycles. The van der Waals surface area contributed by atoms with Gasteiger partial charge < -0.3 is 9.64 Å². The second kappa shape index (κ2) is 9.31. The summed E-state index contributed by atoms with van der Waals surface area (Å²) in [5.74, 6) is 0.530. The van der Waals surface area contributed by atoms with E-state index in [0.29, 0.717) is 17.0 Å². The molecule has 0 aliphatic rings. The molecular formula is C22H30N2O4S. The summed E-state index contributed by atoms with van der Waals surface area (Å²) in [5, 5.41) is 0. The molecule has 2 rings (SSSR count). The van der Waals surface area contributed by atoms with Gasteiger partial charge in [-0.2, -0.15) is 0 Å². The van der Waals surface area contributed by atoms with Crippen LogP contribution in [0.4, 0.5) is 5.69 Å². The lowest BCUT2D eigenvalue weighted by atomic mass is 10.2. The second-order valence-corrected chi connectivity index (χ2v) is 9.22. The van der Waals surface area contributed by atoms with Crippen LogP contribution in [0.1, 0.15) is 31.4 Å². The minimum atomic E-state index is -3.84. The number of amides is 1. The van der Waals surface area contributed by atoms with Crippen molar-refractivity contribution in [1.29, 1.82) is 0 Å². The van der Waals surface area contributed by atoms with Crippen LogP contribution in [0.25, 0.3) is 0 Å². The summed E-state index contributed by atoms with van der Waals surface area (Å²) < 4.78 is 33.5. The predicted molar refractivity (Wildman–Crippen MR) is 116 cm³/mol. The van der Waals surface area contributed by atoms with E-state index in [1.807, 2.05) is 26.8 Å². The van der Waals surface area contributed by atoms with E-state index >= 15 is 0 Å². The van der Waals surface area contributed by atoms with Gasteiger partial charge in [0.15, 0.2) is 0 Å². The van der Waals surface area contributed by atoms with Gasteiger partial charge in [0.2, 0.25) is 5.91 Å². The van der Waals surface area contributed by atoms with Gasteiger partial charge in [-0.25, -0.2) is 8.42 Å². The van der Waals surface area contributed by atoms with E-state index in [2.05, 4.69) is 0 Å². The Bertz CT molecular complexity index is 953. The van der Waals surface area contributed by atoms with E-state index in [1.54, 1.807) is 62.4 Å². The lowest BCUT2D eigenvalue weighted by Crippen LogP contribution is -2.38. The number of aryl methyl sites for hydroxylation is 2. The number of carbonyl (C=O) groups excluding carboxylic acids is 1. The standard InChI is InChI=1S/C22H30N2O4S/c1-16(2)23(5)22(25)13-14-24(19-8-10-20(28-6)11-9-19)29(26,27)21-12-7-17(3)15-18(21)4/h7-12,15-16H,13-14H2,1-6H3. The average molecular weight is 419 g/mol. The maximum absolute atomic E-state index is 13.5. The molecule has 1 amide bonds. The van der Waals surface area contributed by atoms with Gasteiger partial charge in [0, 0.05) is 26.1 Å². The monoisotopic (exact) mass is 418 g/mol. The molecule has 0 spiro atoms. The van der Waals surface area contributed by atoms with Gasteiger partial charge in [-0.05, 0) is 63.6 Å². The third-order valence-electron chi connectivity index (χ3n) is 4.96. The van der Waals surface area contributed by atoms with E-state index < -0.39 is 10.0 Å². The lowest BCUT2D eigenvalue weighted by molar-refractivity contribution is -0.131. The van der Waals surface area contributed by atoms with Gasteiger partial charge in [-0.3, -0.25) is 9.10 Å². The number of benzene rings is 2. The number of hydrogen-bond donors (Lipinski definition) is 0. The fraction of sp³-hybridized carbons (Fsp3) is 0.409. The third-order valence-corrected chi connectivity index (χ3v) is 6.94. The highest BCUT2D eigenvalue weighted by Gasteiger charge is 2.27. The van der Waals surface area contributed by atoms with E-state index in [4.69, 9.17) is 4.74 Å². The fourth-order valence-corrected chi connectivity index (χ4v) is 4.68. The van der Waals surface area contributed by atoms with Crippen molar-refractivity contribution in [3.63, 3.8) is 0 Å². The zero-order valence-electron chi connectivity index (χ0n) is 18.0. The molecule has 158 valence electrons. The van der Waals surface area contributed by atoms with Crippen molar-refractivity contribution in [3.8, 4) is 5.75 Å². The topological polar surface area (TPSA) is 66.9 Å². The van der Waals surface area contributed by atoms with E-state index in [9.17, 15) is 13.2 Å². The Balaban J connectivity index is 2.43. The molecular weight excluding hydrogens is 388 g/mol. The molecule has 0 radical (unpaired) electrons. The molecule has 2 aromatic rings. The highest BCUT2D eigenvalue weighted by molar-refractivity contribution is 7.92. The summed E-state index contributed by atoms with van der Waals surface area (Å²) in [7, 11) is -0.560. The molecule has 29 heavy (non-hydrogen) atoms. The van der Waals surface area contributed by atoms with Crippen molar-refractivity contribution in [1.82, 2.24) is 4.90 Å². The number of anilines is 1. The van der Waals surface area contributed by atoms with Gasteiger partial charge in [-0.1, -0.05) is 17.7 Å². The summed E-state index contributed by atoms with van der Waals surface area (Å²) in [6.07, 6.45) is 0.0881. The average Bonchev–Trinajstić information content (AvgIpc) is 2.67. The Labute approximate surface area is 174 Å². The van der Waals surface area contributed by atoms with Gasteiger partial charge in [0.1, 0.15) is 5.75 Å². The molecule has 0 N–H and O–H groups in total. The molecule has 2 aromatic carbocycles. The smallest absolute Gasteiger partial charge is 0.264 e. The first-order chi connectivity index (χ1) is 13.6. The number of rotatable bonds is 8. The first kappa shape index (κ1) is 22.7. The first-order valence-electron chi connectivity index (χ1n) is 9.57. The van der Waals surface area contributed by atoms with Crippen molar-refractivity contribution >= 4 is 21.6 Å². The molecule has 0 bridgehead atoms. The van der Waals surface area contributed by atoms with Crippen molar-refractivity contribution in [2.24, 2.45) is 0 Å². The second-order valence-electron chi connectivity index (χ2n) is 7.39. The quantitative estimate of drug-likeness (QED) is 0.655. The molecule has 6 nitrogen and oxygen atoms in total. The van der Waals surface area contributed by atoms with Crippen LogP contribution >= 0.6 is 0 Å². The van der Waals surface area contributed by atoms with Crippen molar-refractivity contribution in [2.75, 3.05) is 25.0 Å². The Morgan fingerprint density at radius 3 is 2.21 bits per heavy atom. The SMILES string of the molecule is COc1ccc(N(CCC(=O)N(C)C(C)C)S(=O)(=O)c2ccc(C)cc2C)cc1. The van der Waals surface area contributed by atoms with Gasteiger partial charge in [0.25, 0.3) is 10.0 Å². The minimum absolute atomic E-state index is 0.0490. The molecule has 0 saturated heterocycles. The summed E-state index contributed by atoms with van der Waals surface area (Å²) >= 11 is 0. The zero-order chi connectivity index (χ0) is 21.8. The van der Waals surface area contributed by atoms with Crippen molar-refractivity contribution < 1.29 is 17.9 Å².